The van der Waals surface area contributed by atoms with E-state index in [9.17, 15) is 4.79 Å². The molecule has 1 unspecified atom stereocenters. The van der Waals surface area contributed by atoms with Crippen molar-refractivity contribution in [3.8, 4) is 0 Å². The molecule has 5 nitrogen and oxygen atoms in total. The van der Waals surface area contributed by atoms with Gasteiger partial charge in [0.1, 0.15) is 0 Å². The summed E-state index contributed by atoms with van der Waals surface area (Å²) < 4.78 is 5.40. The second-order valence-corrected chi connectivity index (χ2v) is 4.31. The number of amides is 2. The van der Waals surface area contributed by atoms with Crippen LogP contribution in [0.5, 0.6) is 0 Å². The van der Waals surface area contributed by atoms with Crippen molar-refractivity contribution in [3.63, 3.8) is 0 Å². The van der Waals surface area contributed by atoms with Crippen molar-refractivity contribution in [2.24, 2.45) is 5.92 Å². The van der Waals surface area contributed by atoms with E-state index in [4.69, 9.17) is 9.84 Å². The summed E-state index contributed by atoms with van der Waals surface area (Å²) in [5, 5.41) is 13.9. The predicted octanol–water partition coefficient (Wildman–Crippen LogP) is 0.729. The minimum absolute atomic E-state index is 0.00660. The molecule has 1 atom stereocenters. The highest BCUT2D eigenvalue weighted by atomic mass is 16.5. The van der Waals surface area contributed by atoms with Crippen LogP contribution in [0.25, 0.3) is 0 Å². The summed E-state index contributed by atoms with van der Waals surface area (Å²) in [5.41, 5.74) is 0. The normalized spacial score (nSPS) is 12.6. The third-order valence-corrected chi connectivity index (χ3v) is 1.82. The second kappa shape index (κ2) is 9.42. The molecule has 0 rings (SSSR count). The van der Waals surface area contributed by atoms with Crippen LogP contribution in [0.2, 0.25) is 0 Å². The number of nitrogens with one attached hydrogen (secondary N) is 2. The van der Waals surface area contributed by atoms with E-state index in [1.54, 1.807) is 0 Å². The largest absolute Gasteiger partial charge is 0.396 e. The van der Waals surface area contributed by atoms with E-state index in [2.05, 4.69) is 24.5 Å². The summed E-state index contributed by atoms with van der Waals surface area (Å²) in [7, 11) is 0. The zero-order valence-electron chi connectivity index (χ0n) is 10.5. The van der Waals surface area contributed by atoms with Crippen molar-refractivity contribution in [3.05, 3.63) is 0 Å². The van der Waals surface area contributed by atoms with Gasteiger partial charge in [0.15, 0.2) is 0 Å². The van der Waals surface area contributed by atoms with Crippen LogP contribution in [0, 0.1) is 5.92 Å². The first kappa shape index (κ1) is 15.2. The molecular weight excluding hydrogens is 208 g/mol. The lowest BCUT2D eigenvalue weighted by atomic mass is 10.2. The summed E-state index contributed by atoms with van der Waals surface area (Å²) in [6.45, 7) is 7.87. The Balaban J connectivity index is 3.46. The molecule has 0 heterocycles. The first-order valence-corrected chi connectivity index (χ1v) is 5.79. The molecule has 0 bridgehead atoms. The number of rotatable bonds is 8. The average molecular weight is 232 g/mol. The molecule has 0 radical (unpaired) electrons. The summed E-state index contributed by atoms with van der Waals surface area (Å²) in [6, 6.07) is -0.220. The fourth-order valence-corrected chi connectivity index (χ4v) is 1.08. The Morgan fingerprint density at radius 1 is 1.31 bits per heavy atom. The van der Waals surface area contributed by atoms with E-state index >= 15 is 0 Å². The van der Waals surface area contributed by atoms with Gasteiger partial charge in [-0.25, -0.2) is 4.79 Å². The third kappa shape index (κ3) is 9.73. The number of urea groups is 1. The molecule has 5 heteroatoms. The smallest absolute Gasteiger partial charge is 0.315 e. The number of hydrogen-bond acceptors (Lipinski definition) is 3. The number of hydrogen-bond donors (Lipinski definition) is 3. The van der Waals surface area contributed by atoms with Crippen LogP contribution in [0.3, 0.4) is 0 Å². The third-order valence-electron chi connectivity index (χ3n) is 1.82. The van der Waals surface area contributed by atoms with Gasteiger partial charge >= 0.3 is 6.03 Å². The van der Waals surface area contributed by atoms with Gasteiger partial charge < -0.3 is 20.5 Å². The number of aliphatic hydroxyl groups is 1. The van der Waals surface area contributed by atoms with Crippen molar-refractivity contribution < 1.29 is 14.6 Å². The molecule has 0 aromatic heterocycles. The van der Waals surface area contributed by atoms with Crippen LogP contribution in [0.1, 0.15) is 27.2 Å². The molecule has 0 aromatic rings. The molecule has 16 heavy (non-hydrogen) atoms. The molecule has 0 aliphatic rings. The van der Waals surface area contributed by atoms with Gasteiger partial charge in [0.05, 0.1) is 12.6 Å². The van der Waals surface area contributed by atoms with Crippen LogP contribution in [-0.4, -0.2) is 43.5 Å². The topological polar surface area (TPSA) is 70.6 Å². The van der Waals surface area contributed by atoms with Crippen molar-refractivity contribution in [2.45, 2.75) is 33.2 Å². The van der Waals surface area contributed by atoms with E-state index in [0.29, 0.717) is 32.1 Å². The molecule has 0 aromatic carbocycles. The van der Waals surface area contributed by atoms with Crippen molar-refractivity contribution >= 4 is 6.03 Å². The molecule has 96 valence electrons. The molecule has 0 saturated heterocycles. The maximum Gasteiger partial charge on any atom is 0.315 e. The Morgan fingerprint density at radius 3 is 2.56 bits per heavy atom. The Labute approximate surface area is 97.6 Å². The summed E-state index contributed by atoms with van der Waals surface area (Å²) >= 11 is 0. The van der Waals surface area contributed by atoms with E-state index in [-0.39, 0.29) is 18.7 Å². The van der Waals surface area contributed by atoms with Crippen molar-refractivity contribution in [1.82, 2.24) is 10.6 Å². The molecule has 3 N–H and O–H groups in total. The molecule has 0 spiro atoms. The van der Waals surface area contributed by atoms with Crippen LogP contribution in [-0.2, 0) is 4.74 Å². The Morgan fingerprint density at radius 2 is 2.00 bits per heavy atom. The van der Waals surface area contributed by atoms with Gasteiger partial charge in [-0.2, -0.15) is 0 Å². The summed E-state index contributed by atoms with van der Waals surface area (Å²) in [4.78, 5) is 11.3. The fourth-order valence-electron chi connectivity index (χ4n) is 1.08. The molecule has 0 aliphatic heterocycles. The molecule has 0 aliphatic carbocycles. The average Bonchev–Trinajstić information content (AvgIpc) is 2.17. The molecular formula is C11H24N2O3. The predicted molar refractivity (Wildman–Crippen MR) is 63.4 cm³/mol. The summed E-state index contributed by atoms with van der Waals surface area (Å²) in [5.74, 6) is 0.505. The van der Waals surface area contributed by atoms with Crippen molar-refractivity contribution in [2.75, 3.05) is 26.4 Å². The monoisotopic (exact) mass is 232 g/mol. The van der Waals surface area contributed by atoms with E-state index in [0.717, 1.165) is 0 Å². The van der Waals surface area contributed by atoms with Gasteiger partial charge in [-0.1, -0.05) is 13.8 Å². The van der Waals surface area contributed by atoms with Crippen LogP contribution < -0.4 is 10.6 Å². The number of carbonyl (C=O) groups is 1. The lowest BCUT2D eigenvalue weighted by Crippen LogP contribution is -2.43. The Hall–Kier alpha value is -0.810. The molecule has 0 fully saturated rings. The maximum absolute atomic E-state index is 11.3. The minimum Gasteiger partial charge on any atom is -0.396 e. The summed E-state index contributed by atoms with van der Waals surface area (Å²) in [6.07, 6.45) is 0.575. The zero-order valence-corrected chi connectivity index (χ0v) is 10.5. The number of ether oxygens (including phenoxy) is 1. The standard InChI is InChI=1S/C11H24N2O3/c1-9(2)7-16-8-10(3)13-11(15)12-5-4-6-14/h9-10,14H,4-8H2,1-3H3,(H2,12,13,15). The highest BCUT2D eigenvalue weighted by Gasteiger charge is 2.06. The highest BCUT2D eigenvalue weighted by molar-refractivity contribution is 5.74. The van der Waals surface area contributed by atoms with Gasteiger partial charge in [-0.3, -0.25) is 0 Å². The van der Waals surface area contributed by atoms with E-state index < -0.39 is 0 Å². The van der Waals surface area contributed by atoms with Crippen LogP contribution >= 0.6 is 0 Å². The van der Waals surface area contributed by atoms with Gasteiger partial charge in [0, 0.05) is 19.8 Å². The van der Waals surface area contributed by atoms with E-state index in [1.807, 2.05) is 6.92 Å². The molecule has 0 saturated carbocycles. The van der Waals surface area contributed by atoms with Gasteiger partial charge in [0.25, 0.3) is 0 Å². The second-order valence-electron chi connectivity index (χ2n) is 4.31. The van der Waals surface area contributed by atoms with Gasteiger partial charge in [-0.15, -0.1) is 0 Å². The SMILES string of the molecule is CC(C)COCC(C)NC(=O)NCCCO. The lowest BCUT2D eigenvalue weighted by molar-refractivity contribution is 0.0954. The Kier molecular flexibility index (Phi) is 8.94. The Bertz CT molecular complexity index is 186. The minimum atomic E-state index is -0.214. The maximum atomic E-state index is 11.3. The number of aliphatic hydroxyl groups excluding tert-OH is 1. The first-order chi connectivity index (χ1) is 7.56. The molecule has 2 amide bonds. The van der Waals surface area contributed by atoms with E-state index in [1.165, 1.54) is 0 Å². The quantitative estimate of drug-likeness (QED) is 0.540. The van der Waals surface area contributed by atoms with Crippen LogP contribution in [0.15, 0.2) is 0 Å². The lowest BCUT2D eigenvalue weighted by Gasteiger charge is -2.15. The number of carbonyl (C=O) groups excluding carboxylic acids is 1. The van der Waals surface area contributed by atoms with Gasteiger partial charge in [0.2, 0.25) is 0 Å². The fraction of sp³-hybridized carbons (Fsp3) is 0.909. The first-order valence-electron chi connectivity index (χ1n) is 5.79. The van der Waals surface area contributed by atoms with Crippen LogP contribution in [0.4, 0.5) is 4.79 Å². The highest BCUT2D eigenvalue weighted by Crippen LogP contribution is 1.93. The van der Waals surface area contributed by atoms with Gasteiger partial charge in [-0.05, 0) is 19.3 Å². The van der Waals surface area contributed by atoms with Crippen molar-refractivity contribution in [1.29, 1.82) is 0 Å². The zero-order chi connectivity index (χ0) is 12.4.